The van der Waals surface area contributed by atoms with Crippen LogP contribution in [0.2, 0.25) is 0 Å². The molecular weight excluding hydrogens is 422 g/mol. The molecule has 0 saturated heterocycles. The summed E-state index contributed by atoms with van der Waals surface area (Å²) in [5.74, 6) is 0.0900. The van der Waals surface area contributed by atoms with E-state index in [1.807, 2.05) is 0 Å². The second-order valence-corrected chi connectivity index (χ2v) is 7.11. The number of anilines is 1. The first-order chi connectivity index (χ1) is 14.8. The summed E-state index contributed by atoms with van der Waals surface area (Å²) >= 11 is 1.22. The monoisotopic (exact) mass is 437 g/mol. The summed E-state index contributed by atoms with van der Waals surface area (Å²) in [7, 11) is 1.34. The quantitative estimate of drug-likeness (QED) is 0.311. The van der Waals surface area contributed by atoms with Crippen molar-refractivity contribution in [1.29, 1.82) is 5.26 Å². The molecule has 0 bridgehead atoms. The number of nitriles is 1. The standard InChI is InChI=1S/C20H15N5O5S/c1-12-6-18(25(28)29)19(30-2)8-16(12)22-10-14(9-21)20-23-17(11-31-20)13-4-3-5-15(7-13)24(26)27/h3-8,10-11,22H,1-2H3. The zero-order valence-corrected chi connectivity index (χ0v) is 17.2. The van der Waals surface area contributed by atoms with Gasteiger partial charge in [0.1, 0.15) is 16.6 Å². The zero-order valence-electron chi connectivity index (χ0n) is 16.4. The highest BCUT2D eigenvalue weighted by Crippen LogP contribution is 2.33. The van der Waals surface area contributed by atoms with E-state index in [1.54, 1.807) is 24.4 Å². The van der Waals surface area contributed by atoms with Crippen molar-refractivity contribution in [1.82, 2.24) is 4.98 Å². The van der Waals surface area contributed by atoms with Gasteiger partial charge in [-0.2, -0.15) is 5.26 Å². The van der Waals surface area contributed by atoms with Crippen molar-refractivity contribution in [2.75, 3.05) is 12.4 Å². The van der Waals surface area contributed by atoms with Gasteiger partial charge in [0.15, 0.2) is 5.75 Å². The number of thiazole rings is 1. The number of nitro groups is 2. The molecule has 0 aliphatic heterocycles. The van der Waals surface area contributed by atoms with Crippen LogP contribution in [0, 0.1) is 38.5 Å². The van der Waals surface area contributed by atoms with E-state index in [0.717, 1.165) is 0 Å². The van der Waals surface area contributed by atoms with Crippen LogP contribution in [0.4, 0.5) is 17.1 Å². The maximum atomic E-state index is 11.1. The van der Waals surface area contributed by atoms with E-state index in [2.05, 4.69) is 16.4 Å². The maximum absolute atomic E-state index is 11.1. The largest absolute Gasteiger partial charge is 0.490 e. The van der Waals surface area contributed by atoms with Gasteiger partial charge >= 0.3 is 5.69 Å². The molecule has 3 rings (SSSR count). The third-order valence-electron chi connectivity index (χ3n) is 4.30. The number of aromatic nitrogens is 1. The molecule has 1 heterocycles. The van der Waals surface area contributed by atoms with Gasteiger partial charge in [-0.15, -0.1) is 11.3 Å². The number of methoxy groups -OCH3 is 1. The molecule has 156 valence electrons. The number of non-ortho nitro benzene ring substituents is 1. The lowest BCUT2D eigenvalue weighted by atomic mass is 10.1. The summed E-state index contributed by atoms with van der Waals surface area (Å²) < 4.78 is 5.07. The second-order valence-electron chi connectivity index (χ2n) is 6.26. The Balaban J connectivity index is 1.89. The number of nitro benzene ring substituents is 2. The topological polar surface area (TPSA) is 144 Å². The van der Waals surface area contributed by atoms with E-state index in [9.17, 15) is 25.5 Å². The van der Waals surface area contributed by atoms with Gasteiger partial charge in [0.25, 0.3) is 5.69 Å². The van der Waals surface area contributed by atoms with E-state index in [4.69, 9.17) is 4.74 Å². The first kappa shape index (κ1) is 21.4. The number of rotatable bonds is 7. The number of ether oxygens (including phenoxy) is 1. The lowest BCUT2D eigenvalue weighted by Crippen LogP contribution is -1.99. The van der Waals surface area contributed by atoms with Crippen LogP contribution in [0.1, 0.15) is 10.6 Å². The highest BCUT2D eigenvalue weighted by molar-refractivity contribution is 7.11. The lowest BCUT2D eigenvalue weighted by Gasteiger charge is -2.09. The van der Waals surface area contributed by atoms with Gasteiger partial charge in [0.05, 0.1) is 22.7 Å². The first-order valence-electron chi connectivity index (χ1n) is 8.74. The average Bonchev–Trinajstić information content (AvgIpc) is 3.25. The van der Waals surface area contributed by atoms with Gasteiger partial charge in [-0.25, -0.2) is 4.98 Å². The summed E-state index contributed by atoms with van der Waals surface area (Å²) in [5.41, 5.74) is 2.24. The minimum atomic E-state index is -0.531. The van der Waals surface area contributed by atoms with Crippen molar-refractivity contribution in [2.24, 2.45) is 0 Å². The van der Waals surface area contributed by atoms with Crippen molar-refractivity contribution >= 4 is 34.0 Å². The predicted molar refractivity (Wildman–Crippen MR) is 116 cm³/mol. The molecule has 0 unspecified atom stereocenters. The van der Waals surface area contributed by atoms with E-state index in [0.29, 0.717) is 27.5 Å². The summed E-state index contributed by atoms with van der Waals surface area (Å²) in [5, 5.41) is 36.7. The molecule has 2 aromatic carbocycles. The zero-order chi connectivity index (χ0) is 22.5. The van der Waals surface area contributed by atoms with Gasteiger partial charge in [0.2, 0.25) is 0 Å². The lowest BCUT2D eigenvalue weighted by molar-refractivity contribution is -0.385. The average molecular weight is 437 g/mol. The molecule has 0 atom stereocenters. The van der Waals surface area contributed by atoms with Crippen LogP contribution in [-0.4, -0.2) is 21.9 Å². The third kappa shape index (κ3) is 4.65. The van der Waals surface area contributed by atoms with Crippen molar-refractivity contribution in [3.05, 3.63) is 78.8 Å². The van der Waals surface area contributed by atoms with Gasteiger partial charge in [0, 0.05) is 47.1 Å². The maximum Gasteiger partial charge on any atom is 0.311 e. The summed E-state index contributed by atoms with van der Waals surface area (Å²) in [6.07, 6.45) is 1.45. The Hall–Kier alpha value is -4.30. The Bertz CT molecular complexity index is 1240. The number of benzene rings is 2. The Labute approximate surface area is 180 Å². The summed E-state index contributed by atoms with van der Waals surface area (Å²) in [6.45, 7) is 1.69. The third-order valence-corrected chi connectivity index (χ3v) is 5.18. The highest BCUT2D eigenvalue weighted by Gasteiger charge is 2.17. The minimum absolute atomic E-state index is 0.0487. The number of hydrogen-bond acceptors (Lipinski definition) is 9. The van der Waals surface area contributed by atoms with Crippen molar-refractivity contribution in [3.8, 4) is 23.1 Å². The van der Waals surface area contributed by atoms with Gasteiger partial charge in [-0.05, 0) is 12.5 Å². The number of hydrogen-bond donors (Lipinski definition) is 1. The fraction of sp³-hybridized carbons (Fsp3) is 0.100. The number of allylic oxidation sites excluding steroid dienone is 1. The van der Waals surface area contributed by atoms with Crippen LogP contribution in [0.15, 0.2) is 48.0 Å². The molecule has 0 radical (unpaired) electrons. The minimum Gasteiger partial charge on any atom is -0.490 e. The van der Waals surface area contributed by atoms with Crippen LogP contribution in [-0.2, 0) is 0 Å². The van der Waals surface area contributed by atoms with Crippen LogP contribution < -0.4 is 10.1 Å². The SMILES string of the molecule is COc1cc(NC=C(C#N)c2nc(-c3cccc([N+](=O)[O-])c3)cs2)c(C)cc1[N+](=O)[O-]. The normalized spacial score (nSPS) is 10.9. The molecule has 0 aliphatic rings. The molecule has 11 heteroatoms. The molecule has 3 aromatic rings. The number of nitrogens with zero attached hydrogens (tertiary/aromatic N) is 4. The molecule has 10 nitrogen and oxygen atoms in total. The van der Waals surface area contributed by atoms with Gasteiger partial charge in [-0.1, -0.05) is 12.1 Å². The van der Waals surface area contributed by atoms with Gasteiger partial charge < -0.3 is 10.1 Å². The predicted octanol–water partition coefficient (Wildman–Crippen LogP) is 4.92. The van der Waals surface area contributed by atoms with E-state index < -0.39 is 9.85 Å². The molecular formula is C20H15N5O5S. The van der Waals surface area contributed by atoms with E-state index in [1.165, 1.54) is 48.9 Å². The number of nitrogens with one attached hydrogen (secondary N) is 1. The molecule has 1 aromatic heterocycles. The van der Waals surface area contributed by atoms with E-state index in [-0.39, 0.29) is 22.7 Å². The van der Waals surface area contributed by atoms with Crippen molar-refractivity contribution < 1.29 is 14.6 Å². The van der Waals surface area contributed by atoms with E-state index >= 15 is 0 Å². The smallest absolute Gasteiger partial charge is 0.311 e. The van der Waals surface area contributed by atoms with Crippen molar-refractivity contribution in [2.45, 2.75) is 6.92 Å². The Kier molecular flexibility index (Phi) is 6.23. The first-order valence-corrected chi connectivity index (χ1v) is 9.62. The number of aryl methyl sites for hydroxylation is 1. The molecule has 0 amide bonds. The fourth-order valence-electron chi connectivity index (χ4n) is 2.74. The Morgan fingerprint density at radius 1 is 1.26 bits per heavy atom. The fourth-order valence-corrected chi connectivity index (χ4v) is 3.53. The van der Waals surface area contributed by atoms with Crippen LogP contribution in [0.25, 0.3) is 16.8 Å². The van der Waals surface area contributed by atoms with Crippen LogP contribution in [0.5, 0.6) is 5.75 Å². The molecule has 0 spiro atoms. The molecule has 0 aliphatic carbocycles. The summed E-state index contributed by atoms with van der Waals surface area (Å²) in [6, 6.07) is 11.0. The van der Waals surface area contributed by atoms with Crippen molar-refractivity contribution in [3.63, 3.8) is 0 Å². The highest BCUT2D eigenvalue weighted by atomic mass is 32.1. The molecule has 1 N–H and O–H groups in total. The second kappa shape index (κ2) is 9.02. The van der Waals surface area contributed by atoms with Gasteiger partial charge in [-0.3, -0.25) is 20.2 Å². The molecule has 0 saturated carbocycles. The Morgan fingerprint density at radius 3 is 2.68 bits per heavy atom. The molecule has 0 fully saturated rings. The summed E-state index contributed by atoms with van der Waals surface area (Å²) in [4.78, 5) is 25.5. The van der Waals surface area contributed by atoms with Crippen LogP contribution >= 0.6 is 11.3 Å². The molecule has 31 heavy (non-hydrogen) atoms. The van der Waals surface area contributed by atoms with Crippen LogP contribution in [0.3, 0.4) is 0 Å². The Morgan fingerprint density at radius 2 is 2.03 bits per heavy atom.